The topological polar surface area (TPSA) is 114 Å². The standard InChI is InChI=1S/C22H26N4O4S/c1-25(2)10-11-26(17-9-12-31(29,30)15-17)14-16(13-23)22(28)24-20-7-3-6-19-18(20)5-4-8-21(19)27/h3-8,14,17,27H,9-12,15H2,1-2H3,(H,24,28)/b16-14-. The van der Waals surface area contributed by atoms with Gasteiger partial charge in [-0.05, 0) is 32.6 Å². The van der Waals surface area contributed by atoms with E-state index in [2.05, 4.69) is 5.32 Å². The van der Waals surface area contributed by atoms with Crippen molar-refractivity contribution in [1.29, 1.82) is 5.26 Å². The van der Waals surface area contributed by atoms with E-state index in [0.717, 1.165) is 0 Å². The lowest BCUT2D eigenvalue weighted by Crippen LogP contribution is -2.37. The molecule has 1 heterocycles. The zero-order valence-corrected chi connectivity index (χ0v) is 18.4. The summed E-state index contributed by atoms with van der Waals surface area (Å²) in [5.74, 6) is -0.367. The average molecular weight is 443 g/mol. The van der Waals surface area contributed by atoms with Crippen molar-refractivity contribution in [2.24, 2.45) is 0 Å². The highest BCUT2D eigenvalue weighted by molar-refractivity contribution is 7.91. The molecular weight excluding hydrogens is 416 g/mol. The monoisotopic (exact) mass is 442 g/mol. The Kier molecular flexibility index (Phi) is 6.83. The third-order valence-corrected chi connectivity index (χ3v) is 7.04. The number of phenolic OH excluding ortho intramolecular Hbond substituents is 1. The second-order valence-electron chi connectivity index (χ2n) is 7.88. The SMILES string of the molecule is CN(C)CCN(/C=C(/C#N)C(=O)Nc1cccc2c(O)cccc12)C1CCS(=O)(=O)C1. The molecule has 1 fully saturated rings. The molecular formula is C22H26N4O4S. The van der Waals surface area contributed by atoms with Crippen LogP contribution in [-0.2, 0) is 14.6 Å². The Labute approximate surface area is 182 Å². The van der Waals surface area contributed by atoms with Crippen molar-refractivity contribution in [2.45, 2.75) is 12.5 Å². The number of nitrogens with zero attached hydrogens (tertiary/aromatic N) is 3. The number of phenols is 1. The first-order valence-corrected chi connectivity index (χ1v) is 11.8. The number of nitrogens with one attached hydrogen (secondary N) is 1. The molecule has 0 radical (unpaired) electrons. The van der Waals surface area contributed by atoms with E-state index in [-0.39, 0.29) is 28.9 Å². The minimum absolute atomic E-state index is 0.0137. The fraction of sp³-hybridized carbons (Fsp3) is 0.364. The third kappa shape index (κ3) is 5.54. The highest BCUT2D eigenvalue weighted by Crippen LogP contribution is 2.30. The normalized spacial score (nSPS) is 18.1. The Morgan fingerprint density at radius 1 is 1.23 bits per heavy atom. The van der Waals surface area contributed by atoms with Crippen molar-refractivity contribution in [1.82, 2.24) is 9.80 Å². The van der Waals surface area contributed by atoms with Gasteiger partial charge >= 0.3 is 0 Å². The van der Waals surface area contributed by atoms with Gasteiger partial charge < -0.3 is 20.2 Å². The van der Waals surface area contributed by atoms with Crippen molar-refractivity contribution in [3.05, 3.63) is 48.2 Å². The lowest BCUT2D eigenvalue weighted by Gasteiger charge is -2.28. The summed E-state index contributed by atoms with van der Waals surface area (Å²) in [6, 6.07) is 11.8. The molecule has 0 aromatic heterocycles. The third-order valence-electron chi connectivity index (χ3n) is 5.29. The van der Waals surface area contributed by atoms with Gasteiger partial charge in [0.2, 0.25) is 0 Å². The van der Waals surface area contributed by atoms with Crippen LogP contribution in [0.4, 0.5) is 5.69 Å². The van der Waals surface area contributed by atoms with Crippen molar-refractivity contribution in [3.63, 3.8) is 0 Å². The molecule has 0 saturated carbocycles. The summed E-state index contributed by atoms with van der Waals surface area (Å²) in [6.07, 6.45) is 1.93. The lowest BCUT2D eigenvalue weighted by molar-refractivity contribution is -0.112. The Morgan fingerprint density at radius 2 is 1.94 bits per heavy atom. The molecule has 1 unspecified atom stereocenters. The van der Waals surface area contributed by atoms with Crippen LogP contribution in [0.2, 0.25) is 0 Å². The second-order valence-corrected chi connectivity index (χ2v) is 10.1. The molecule has 9 heteroatoms. The first-order valence-electron chi connectivity index (χ1n) is 9.95. The van der Waals surface area contributed by atoms with Gasteiger partial charge in [-0.2, -0.15) is 5.26 Å². The van der Waals surface area contributed by atoms with Gasteiger partial charge in [-0.1, -0.05) is 24.3 Å². The van der Waals surface area contributed by atoms with E-state index in [1.54, 1.807) is 41.3 Å². The maximum Gasteiger partial charge on any atom is 0.267 e. The van der Waals surface area contributed by atoms with Gasteiger partial charge in [0.1, 0.15) is 17.4 Å². The van der Waals surface area contributed by atoms with Crippen molar-refractivity contribution >= 4 is 32.2 Å². The molecule has 2 aromatic carbocycles. The van der Waals surface area contributed by atoms with Crippen LogP contribution in [0, 0.1) is 11.3 Å². The number of anilines is 1. The zero-order chi connectivity index (χ0) is 22.6. The van der Waals surface area contributed by atoms with Gasteiger partial charge in [0.15, 0.2) is 9.84 Å². The Morgan fingerprint density at radius 3 is 2.58 bits per heavy atom. The van der Waals surface area contributed by atoms with E-state index in [4.69, 9.17) is 0 Å². The smallest absolute Gasteiger partial charge is 0.267 e. The number of carbonyl (C=O) groups is 1. The van der Waals surface area contributed by atoms with Crippen molar-refractivity contribution < 1.29 is 18.3 Å². The summed E-state index contributed by atoms with van der Waals surface area (Å²) >= 11 is 0. The number of benzene rings is 2. The van der Waals surface area contributed by atoms with Crippen LogP contribution in [0.25, 0.3) is 10.8 Å². The van der Waals surface area contributed by atoms with Gasteiger partial charge in [-0.25, -0.2) is 8.42 Å². The predicted molar refractivity (Wildman–Crippen MR) is 120 cm³/mol. The van der Waals surface area contributed by atoms with Gasteiger partial charge in [-0.3, -0.25) is 4.79 Å². The van der Waals surface area contributed by atoms with E-state index in [9.17, 15) is 23.6 Å². The molecule has 8 nitrogen and oxygen atoms in total. The van der Waals surface area contributed by atoms with Gasteiger partial charge in [0, 0.05) is 41.8 Å². The largest absolute Gasteiger partial charge is 0.507 e. The maximum absolute atomic E-state index is 12.9. The number of rotatable bonds is 7. The number of carbonyl (C=O) groups excluding carboxylic acids is 1. The highest BCUT2D eigenvalue weighted by Gasteiger charge is 2.31. The fourth-order valence-electron chi connectivity index (χ4n) is 3.60. The van der Waals surface area contributed by atoms with E-state index < -0.39 is 15.7 Å². The summed E-state index contributed by atoms with van der Waals surface area (Å²) in [4.78, 5) is 16.6. The number of hydrogen-bond donors (Lipinski definition) is 2. The van der Waals surface area contributed by atoms with Crippen LogP contribution in [0.3, 0.4) is 0 Å². The van der Waals surface area contributed by atoms with E-state index in [1.807, 2.05) is 25.1 Å². The molecule has 1 saturated heterocycles. The number of hydrogen-bond acceptors (Lipinski definition) is 7. The fourth-order valence-corrected chi connectivity index (χ4v) is 5.34. The van der Waals surface area contributed by atoms with Crippen LogP contribution in [0.15, 0.2) is 48.2 Å². The number of nitriles is 1. The second kappa shape index (κ2) is 9.37. The first kappa shape index (κ1) is 22.6. The summed E-state index contributed by atoms with van der Waals surface area (Å²) in [5, 5.41) is 23.7. The Bertz CT molecular complexity index is 1150. The van der Waals surface area contributed by atoms with Gasteiger partial charge in [0.25, 0.3) is 5.91 Å². The molecule has 3 rings (SSSR count). The molecule has 0 bridgehead atoms. The molecule has 0 spiro atoms. The average Bonchev–Trinajstić information content (AvgIpc) is 3.08. The zero-order valence-electron chi connectivity index (χ0n) is 17.6. The van der Waals surface area contributed by atoms with Crippen LogP contribution in [0.1, 0.15) is 6.42 Å². The van der Waals surface area contributed by atoms with E-state index in [0.29, 0.717) is 36.0 Å². The number of sulfone groups is 1. The molecule has 164 valence electrons. The van der Waals surface area contributed by atoms with E-state index in [1.165, 1.54) is 6.20 Å². The summed E-state index contributed by atoms with van der Waals surface area (Å²) in [7, 11) is 0.697. The minimum Gasteiger partial charge on any atom is -0.507 e. The molecule has 2 N–H and O–H groups in total. The summed E-state index contributed by atoms with van der Waals surface area (Å²) < 4.78 is 23.9. The number of aromatic hydroxyl groups is 1. The van der Waals surface area contributed by atoms with Crippen LogP contribution in [-0.4, -0.2) is 74.0 Å². The van der Waals surface area contributed by atoms with Crippen LogP contribution < -0.4 is 5.32 Å². The quantitative estimate of drug-likeness (QED) is 0.498. The molecule has 1 aliphatic rings. The minimum atomic E-state index is -3.11. The molecule has 1 amide bonds. The lowest BCUT2D eigenvalue weighted by atomic mass is 10.1. The van der Waals surface area contributed by atoms with Crippen LogP contribution in [0.5, 0.6) is 5.75 Å². The summed E-state index contributed by atoms with van der Waals surface area (Å²) in [6.45, 7) is 1.14. The molecule has 2 aromatic rings. The number of amides is 1. The Hall–Kier alpha value is -3.09. The van der Waals surface area contributed by atoms with Crippen molar-refractivity contribution in [2.75, 3.05) is 44.0 Å². The molecule has 31 heavy (non-hydrogen) atoms. The molecule has 1 atom stereocenters. The highest BCUT2D eigenvalue weighted by atomic mass is 32.2. The van der Waals surface area contributed by atoms with Gasteiger partial charge in [-0.15, -0.1) is 0 Å². The first-order chi connectivity index (χ1) is 14.7. The van der Waals surface area contributed by atoms with Crippen LogP contribution >= 0.6 is 0 Å². The molecule has 1 aliphatic heterocycles. The van der Waals surface area contributed by atoms with Crippen molar-refractivity contribution in [3.8, 4) is 11.8 Å². The number of likely N-dealkylation sites (N-methyl/N-ethyl adjacent to an activating group) is 1. The molecule has 0 aliphatic carbocycles. The number of fused-ring (bicyclic) bond motifs is 1. The maximum atomic E-state index is 12.9. The van der Waals surface area contributed by atoms with Gasteiger partial charge in [0.05, 0.1) is 11.5 Å². The summed E-state index contributed by atoms with van der Waals surface area (Å²) in [5.41, 5.74) is 0.364. The van der Waals surface area contributed by atoms with E-state index >= 15 is 0 Å². The predicted octanol–water partition coefficient (Wildman–Crippen LogP) is 1.94. The Balaban J connectivity index is 1.87.